The van der Waals surface area contributed by atoms with Gasteiger partial charge < -0.3 is 0 Å². The SMILES string of the molecule is Cc1cc(C(=O)C2CCC(F)(F)CC2)cs1. The molecule has 1 nitrogen and oxygen atoms in total. The first-order valence-electron chi connectivity index (χ1n) is 5.45. The molecule has 1 aliphatic rings. The summed E-state index contributed by atoms with van der Waals surface area (Å²) in [5.41, 5.74) is 0.692. The van der Waals surface area contributed by atoms with Gasteiger partial charge in [0, 0.05) is 34.6 Å². The molecule has 1 aromatic heterocycles. The van der Waals surface area contributed by atoms with E-state index in [0.717, 1.165) is 4.88 Å². The van der Waals surface area contributed by atoms with Crippen LogP contribution in [0.25, 0.3) is 0 Å². The van der Waals surface area contributed by atoms with Crippen LogP contribution in [0.4, 0.5) is 8.78 Å². The highest BCUT2D eigenvalue weighted by atomic mass is 32.1. The van der Waals surface area contributed by atoms with Crippen molar-refractivity contribution in [2.45, 2.75) is 38.5 Å². The van der Waals surface area contributed by atoms with Crippen molar-refractivity contribution in [3.05, 3.63) is 21.9 Å². The fraction of sp³-hybridized carbons (Fsp3) is 0.583. The number of carbonyl (C=O) groups excluding carboxylic acids is 1. The fourth-order valence-electron chi connectivity index (χ4n) is 2.11. The summed E-state index contributed by atoms with van der Waals surface area (Å²) in [6.07, 6.45) is 0.348. The Morgan fingerprint density at radius 1 is 1.44 bits per heavy atom. The Hall–Kier alpha value is -0.770. The lowest BCUT2D eigenvalue weighted by Crippen LogP contribution is -2.28. The Bertz CT molecular complexity index is 387. The molecule has 16 heavy (non-hydrogen) atoms. The van der Waals surface area contributed by atoms with Gasteiger partial charge in [-0.05, 0) is 25.8 Å². The third-order valence-electron chi connectivity index (χ3n) is 3.10. The predicted octanol–water partition coefficient (Wildman–Crippen LogP) is 4.06. The number of hydrogen-bond acceptors (Lipinski definition) is 2. The molecule has 0 atom stereocenters. The third kappa shape index (κ3) is 2.48. The van der Waals surface area contributed by atoms with Crippen LogP contribution in [0.15, 0.2) is 11.4 Å². The maximum Gasteiger partial charge on any atom is 0.248 e. The Morgan fingerprint density at radius 2 is 2.06 bits per heavy atom. The monoisotopic (exact) mass is 244 g/mol. The van der Waals surface area contributed by atoms with Gasteiger partial charge in [-0.2, -0.15) is 0 Å². The van der Waals surface area contributed by atoms with E-state index >= 15 is 0 Å². The molecule has 4 heteroatoms. The quantitative estimate of drug-likeness (QED) is 0.717. The first kappa shape index (κ1) is 11.7. The van der Waals surface area contributed by atoms with Gasteiger partial charge in [-0.3, -0.25) is 4.79 Å². The van der Waals surface area contributed by atoms with Gasteiger partial charge in [0.15, 0.2) is 5.78 Å². The molecule has 1 saturated carbocycles. The molecule has 0 N–H and O–H groups in total. The highest BCUT2D eigenvalue weighted by Crippen LogP contribution is 2.37. The molecule has 2 rings (SSSR count). The van der Waals surface area contributed by atoms with Crippen molar-refractivity contribution in [2.75, 3.05) is 0 Å². The summed E-state index contributed by atoms with van der Waals surface area (Å²) in [7, 11) is 0. The number of thiophene rings is 1. The van der Waals surface area contributed by atoms with E-state index in [4.69, 9.17) is 0 Å². The van der Waals surface area contributed by atoms with Crippen molar-refractivity contribution in [3.8, 4) is 0 Å². The summed E-state index contributed by atoms with van der Waals surface area (Å²) in [5.74, 6) is -2.71. The summed E-state index contributed by atoms with van der Waals surface area (Å²) in [4.78, 5) is 13.1. The Labute approximate surface area is 97.5 Å². The van der Waals surface area contributed by atoms with Crippen molar-refractivity contribution in [2.24, 2.45) is 5.92 Å². The Morgan fingerprint density at radius 3 is 2.56 bits per heavy atom. The van der Waals surface area contributed by atoms with Crippen LogP contribution < -0.4 is 0 Å². The van der Waals surface area contributed by atoms with Gasteiger partial charge in [0.1, 0.15) is 0 Å². The van der Waals surface area contributed by atoms with Crippen molar-refractivity contribution in [1.29, 1.82) is 0 Å². The lowest BCUT2D eigenvalue weighted by molar-refractivity contribution is -0.0424. The molecule has 1 aliphatic carbocycles. The van der Waals surface area contributed by atoms with Crippen LogP contribution in [-0.4, -0.2) is 11.7 Å². The largest absolute Gasteiger partial charge is 0.294 e. The number of ketones is 1. The van der Waals surface area contributed by atoms with E-state index in [1.807, 2.05) is 18.4 Å². The standard InChI is InChI=1S/C12H14F2OS/c1-8-6-10(7-16-8)11(15)9-2-4-12(13,14)5-3-9/h6-7,9H,2-5H2,1H3. The highest BCUT2D eigenvalue weighted by Gasteiger charge is 2.37. The van der Waals surface area contributed by atoms with Crippen LogP contribution in [0.2, 0.25) is 0 Å². The average Bonchev–Trinajstić information content (AvgIpc) is 2.64. The zero-order valence-electron chi connectivity index (χ0n) is 9.13. The van der Waals surface area contributed by atoms with E-state index in [9.17, 15) is 13.6 Å². The number of aryl methyl sites for hydroxylation is 1. The van der Waals surface area contributed by atoms with Gasteiger partial charge in [0.2, 0.25) is 5.92 Å². The second-order valence-electron chi connectivity index (χ2n) is 4.44. The van der Waals surface area contributed by atoms with Gasteiger partial charge in [-0.25, -0.2) is 8.78 Å². The normalized spacial score (nSPS) is 20.9. The van der Waals surface area contributed by atoms with Gasteiger partial charge in [-0.1, -0.05) is 0 Å². The fourth-order valence-corrected chi connectivity index (χ4v) is 2.80. The van der Waals surface area contributed by atoms with Gasteiger partial charge in [0.25, 0.3) is 0 Å². The van der Waals surface area contributed by atoms with Crippen molar-refractivity contribution >= 4 is 17.1 Å². The van der Waals surface area contributed by atoms with E-state index in [0.29, 0.717) is 18.4 Å². The first-order valence-corrected chi connectivity index (χ1v) is 6.33. The first-order chi connectivity index (χ1) is 7.48. The zero-order valence-corrected chi connectivity index (χ0v) is 9.95. The zero-order chi connectivity index (χ0) is 11.8. The topological polar surface area (TPSA) is 17.1 Å². The molecule has 0 amide bonds. The minimum Gasteiger partial charge on any atom is -0.294 e. The molecule has 0 saturated heterocycles. The number of rotatable bonds is 2. The summed E-state index contributed by atoms with van der Waals surface area (Å²) in [6.45, 7) is 1.94. The molecule has 0 bridgehead atoms. The summed E-state index contributed by atoms with van der Waals surface area (Å²) >= 11 is 1.53. The summed E-state index contributed by atoms with van der Waals surface area (Å²) in [6, 6.07) is 1.85. The summed E-state index contributed by atoms with van der Waals surface area (Å²) in [5, 5.41) is 1.82. The van der Waals surface area contributed by atoms with E-state index < -0.39 is 5.92 Å². The number of carbonyl (C=O) groups is 1. The molecular weight excluding hydrogens is 230 g/mol. The molecule has 1 aromatic rings. The molecule has 1 fully saturated rings. The van der Waals surface area contributed by atoms with Crippen LogP contribution in [0, 0.1) is 12.8 Å². The van der Waals surface area contributed by atoms with Gasteiger partial charge in [-0.15, -0.1) is 11.3 Å². The van der Waals surface area contributed by atoms with Crippen LogP contribution in [-0.2, 0) is 0 Å². The van der Waals surface area contributed by atoms with Crippen molar-refractivity contribution in [1.82, 2.24) is 0 Å². The smallest absolute Gasteiger partial charge is 0.248 e. The molecule has 88 valence electrons. The molecular formula is C12H14F2OS. The van der Waals surface area contributed by atoms with Crippen LogP contribution in [0.5, 0.6) is 0 Å². The highest BCUT2D eigenvalue weighted by molar-refractivity contribution is 7.10. The number of Topliss-reactive ketones (excluding diaryl/α,β-unsaturated/α-hetero) is 1. The molecule has 1 heterocycles. The minimum atomic E-state index is -2.55. The predicted molar refractivity (Wildman–Crippen MR) is 60.3 cm³/mol. The maximum absolute atomic E-state index is 12.9. The van der Waals surface area contributed by atoms with E-state index in [1.165, 1.54) is 11.3 Å². The Kier molecular flexibility index (Phi) is 3.10. The van der Waals surface area contributed by atoms with E-state index in [1.54, 1.807) is 0 Å². The average molecular weight is 244 g/mol. The van der Waals surface area contributed by atoms with E-state index in [-0.39, 0.29) is 24.5 Å². The third-order valence-corrected chi connectivity index (χ3v) is 3.96. The van der Waals surface area contributed by atoms with Crippen LogP contribution in [0.1, 0.15) is 40.9 Å². The number of hydrogen-bond donors (Lipinski definition) is 0. The maximum atomic E-state index is 12.9. The van der Waals surface area contributed by atoms with Crippen LogP contribution in [0.3, 0.4) is 0 Å². The van der Waals surface area contributed by atoms with E-state index in [2.05, 4.69) is 0 Å². The number of halogens is 2. The Balaban J connectivity index is 2.02. The lowest BCUT2D eigenvalue weighted by atomic mass is 9.82. The molecule has 0 spiro atoms. The van der Waals surface area contributed by atoms with Crippen molar-refractivity contribution < 1.29 is 13.6 Å². The lowest BCUT2D eigenvalue weighted by Gasteiger charge is -2.27. The van der Waals surface area contributed by atoms with Crippen LogP contribution >= 0.6 is 11.3 Å². The van der Waals surface area contributed by atoms with Crippen molar-refractivity contribution in [3.63, 3.8) is 0 Å². The molecule has 0 aromatic carbocycles. The molecule has 0 radical (unpaired) electrons. The molecule has 0 aliphatic heterocycles. The summed E-state index contributed by atoms with van der Waals surface area (Å²) < 4.78 is 25.9. The second-order valence-corrected chi connectivity index (χ2v) is 5.56. The second kappa shape index (κ2) is 4.24. The van der Waals surface area contributed by atoms with Gasteiger partial charge in [0.05, 0.1) is 0 Å². The number of alkyl halides is 2. The molecule has 0 unspecified atom stereocenters. The minimum absolute atomic E-state index is 0.0415. The van der Waals surface area contributed by atoms with Gasteiger partial charge >= 0.3 is 0 Å².